The molecule has 0 aromatic heterocycles. The third kappa shape index (κ3) is 2.76. The Bertz CT molecular complexity index is 785. The zero-order chi connectivity index (χ0) is 15.5. The maximum atomic E-state index is 14.9. The van der Waals surface area contributed by atoms with Crippen molar-refractivity contribution in [3.63, 3.8) is 0 Å². The van der Waals surface area contributed by atoms with Gasteiger partial charge in [-0.15, -0.1) is 0 Å². The quantitative estimate of drug-likeness (QED) is 0.540. The van der Waals surface area contributed by atoms with Crippen LogP contribution in [0.3, 0.4) is 0 Å². The topological polar surface area (TPSA) is 0 Å². The number of benzene rings is 3. The van der Waals surface area contributed by atoms with Crippen molar-refractivity contribution in [3.05, 3.63) is 71.5 Å². The number of halogens is 1. The monoisotopic (exact) mass is 292 g/mol. The first-order valence-corrected chi connectivity index (χ1v) is 8.03. The molecule has 0 fully saturated rings. The Labute approximate surface area is 131 Å². The smallest absolute Gasteiger partial charge is 0.138 e. The summed E-state index contributed by atoms with van der Waals surface area (Å²) in [6, 6.07) is 18.1. The molecule has 1 heteroatoms. The summed E-state index contributed by atoms with van der Waals surface area (Å²) in [5.74, 6) is -0.121. The highest BCUT2D eigenvalue weighted by Crippen LogP contribution is 2.30. The number of aryl methyl sites for hydroxylation is 2. The first kappa shape index (κ1) is 14.8. The Morgan fingerprint density at radius 3 is 2.23 bits per heavy atom. The second-order valence-corrected chi connectivity index (χ2v) is 5.78. The molecule has 0 atom stereocenters. The van der Waals surface area contributed by atoms with Crippen LogP contribution in [0.25, 0.3) is 21.9 Å². The van der Waals surface area contributed by atoms with E-state index in [1.54, 1.807) is 0 Å². The summed E-state index contributed by atoms with van der Waals surface area (Å²) in [5, 5.41) is 1.69. The molecule has 3 aromatic carbocycles. The fourth-order valence-electron chi connectivity index (χ4n) is 2.93. The van der Waals surface area contributed by atoms with E-state index in [9.17, 15) is 4.39 Å². The largest absolute Gasteiger partial charge is 0.206 e. The third-order valence-corrected chi connectivity index (χ3v) is 4.23. The molecule has 0 aliphatic rings. The van der Waals surface area contributed by atoms with Crippen LogP contribution in [0.15, 0.2) is 54.6 Å². The summed E-state index contributed by atoms with van der Waals surface area (Å²) in [6.07, 6.45) is 3.15. The maximum absolute atomic E-state index is 14.9. The van der Waals surface area contributed by atoms with Gasteiger partial charge in [0.2, 0.25) is 0 Å². The molecular formula is C21H21F. The van der Waals surface area contributed by atoms with Crippen LogP contribution in [0, 0.1) is 5.82 Å². The molecule has 22 heavy (non-hydrogen) atoms. The van der Waals surface area contributed by atoms with Crippen molar-refractivity contribution < 1.29 is 4.39 Å². The Morgan fingerprint density at radius 1 is 0.818 bits per heavy atom. The molecule has 0 nitrogen and oxygen atoms in total. The Balaban J connectivity index is 2.07. The van der Waals surface area contributed by atoms with Crippen molar-refractivity contribution in [3.8, 4) is 11.1 Å². The fourth-order valence-corrected chi connectivity index (χ4v) is 2.93. The molecule has 0 saturated carbocycles. The van der Waals surface area contributed by atoms with Crippen molar-refractivity contribution in [1.29, 1.82) is 0 Å². The van der Waals surface area contributed by atoms with Crippen LogP contribution in [0.2, 0.25) is 0 Å². The Hall–Kier alpha value is -2.15. The van der Waals surface area contributed by atoms with Crippen LogP contribution >= 0.6 is 0 Å². The SMILES string of the molecule is CCCc1ccc2c(F)c(-c3ccc(CC)cc3)ccc2c1. The van der Waals surface area contributed by atoms with Gasteiger partial charge >= 0.3 is 0 Å². The highest BCUT2D eigenvalue weighted by molar-refractivity contribution is 5.88. The average molecular weight is 292 g/mol. The van der Waals surface area contributed by atoms with Crippen molar-refractivity contribution >= 4 is 10.8 Å². The highest BCUT2D eigenvalue weighted by atomic mass is 19.1. The van der Waals surface area contributed by atoms with Crippen LogP contribution in [-0.4, -0.2) is 0 Å². The predicted octanol–water partition coefficient (Wildman–Crippen LogP) is 6.16. The molecule has 0 N–H and O–H groups in total. The predicted molar refractivity (Wildman–Crippen MR) is 92.7 cm³/mol. The zero-order valence-corrected chi connectivity index (χ0v) is 13.2. The lowest BCUT2D eigenvalue weighted by molar-refractivity contribution is 0.643. The minimum atomic E-state index is -0.121. The maximum Gasteiger partial charge on any atom is 0.138 e. The van der Waals surface area contributed by atoms with E-state index in [1.165, 1.54) is 11.1 Å². The number of fused-ring (bicyclic) bond motifs is 1. The van der Waals surface area contributed by atoms with Crippen LogP contribution in [0.1, 0.15) is 31.4 Å². The van der Waals surface area contributed by atoms with Crippen LogP contribution in [-0.2, 0) is 12.8 Å². The van der Waals surface area contributed by atoms with E-state index in [0.29, 0.717) is 10.9 Å². The molecule has 0 amide bonds. The summed E-state index contributed by atoms with van der Waals surface area (Å²) in [5.41, 5.74) is 4.16. The summed E-state index contributed by atoms with van der Waals surface area (Å²) in [6.45, 7) is 4.29. The molecule has 0 spiro atoms. The summed E-state index contributed by atoms with van der Waals surface area (Å²) in [4.78, 5) is 0. The molecule has 0 heterocycles. The van der Waals surface area contributed by atoms with E-state index in [2.05, 4.69) is 32.0 Å². The number of hydrogen-bond acceptors (Lipinski definition) is 0. The summed E-state index contributed by atoms with van der Waals surface area (Å²) in [7, 11) is 0. The minimum absolute atomic E-state index is 0.121. The van der Waals surface area contributed by atoms with Gasteiger partial charge in [-0.05, 0) is 34.9 Å². The van der Waals surface area contributed by atoms with E-state index in [4.69, 9.17) is 0 Å². The van der Waals surface area contributed by atoms with E-state index < -0.39 is 0 Å². The lowest BCUT2D eigenvalue weighted by atomic mass is 9.97. The van der Waals surface area contributed by atoms with E-state index >= 15 is 0 Å². The normalized spacial score (nSPS) is 11.0. The molecule has 0 saturated heterocycles. The fraction of sp³-hybridized carbons (Fsp3) is 0.238. The zero-order valence-electron chi connectivity index (χ0n) is 13.2. The third-order valence-electron chi connectivity index (χ3n) is 4.23. The van der Waals surface area contributed by atoms with Gasteiger partial charge in [-0.2, -0.15) is 0 Å². The van der Waals surface area contributed by atoms with Gasteiger partial charge < -0.3 is 0 Å². The van der Waals surface area contributed by atoms with E-state index in [0.717, 1.165) is 30.2 Å². The molecule has 0 bridgehead atoms. The molecule has 112 valence electrons. The molecular weight excluding hydrogens is 271 g/mol. The first-order valence-electron chi connectivity index (χ1n) is 8.03. The van der Waals surface area contributed by atoms with Gasteiger partial charge in [-0.1, -0.05) is 74.9 Å². The van der Waals surface area contributed by atoms with Gasteiger partial charge in [0, 0.05) is 10.9 Å². The lowest BCUT2D eigenvalue weighted by Gasteiger charge is -2.09. The molecule has 0 unspecified atom stereocenters. The van der Waals surface area contributed by atoms with Crippen molar-refractivity contribution in [2.75, 3.05) is 0 Å². The molecule has 3 aromatic rings. The van der Waals surface area contributed by atoms with Gasteiger partial charge in [0.1, 0.15) is 5.82 Å². The number of rotatable bonds is 4. The Kier molecular flexibility index (Phi) is 4.24. The van der Waals surface area contributed by atoms with E-state index in [1.807, 2.05) is 36.4 Å². The summed E-state index contributed by atoms with van der Waals surface area (Å²) >= 11 is 0. The van der Waals surface area contributed by atoms with Gasteiger partial charge in [-0.25, -0.2) is 4.39 Å². The van der Waals surface area contributed by atoms with Gasteiger partial charge in [0.15, 0.2) is 0 Å². The second kappa shape index (κ2) is 6.31. The van der Waals surface area contributed by atoms with Crippen LogP contribution in [0.4, 0.5) is 4.39 Å². The van der Waals surface area contributed by atoms with Crippen molar-refractivity contribution in [2.24, 2.45) is 0 Å². The van der Waals surface area contributed by atoms with Gasteiger partial charge in [0.25, 0.3) is 0 Å². The minimum Gasteiger partial charge on any atom is -0.206 e. The van der Waals surface area contributed by atoms with Gasteiger partial charge in [-0.3, -0.25) is 0 Å². The average Bonchev–Trinajstić information content (AvgIpc) is 2.56. The molecule has 0 aliphatic carbocycles. The standard InChI is InChI=1S/C21H21F/c1-3-5-16-8-12-20-18(14-16)11-13-19(21(20)22)17-9-6-15(4-2)7-10-17/h6-14H,3-5H2,1-2H3. The first-order chi connectivity index (χ1) is 10.7. The molecule has 0 aliphatic heterocycles. The molecule has 3 rings (SSSR count). The van der Waals surface area contributed by atoms with Crippen molar-refractivity contribution in [1.82, 2.24) is 0 Å². The Morgan fingerprint density at radius 2 is 1.55 bits per heavy atom. The van der Waals surface area contributed by atoms with Crippen LogP contribution in [0.5, 0.6) is 0 Å². The summed E-state index contributed by atoms with van der Waals surface area (Å²) < 4.78 is 14.9. The van der Waals surface area contributed by atoms with Crippen molar-refractivity contribution in [2.45, 2.75) is 33.1 Å². The van der Waals surface area contributed by atoms with Gasteiger partial charge in [0.05, 0.1) is 0 Å². The molecule has 0 radical (unpaired) electrons. The number of hydrogen-bond donors (Lipinski definition) is 0. The van der Waals surface area contributed by atoms with E-state index in [-0.39, 0.29) is 5.82 Å². The lowest BCUT2D eigenvalue weighted by Crippen LogP contribution is -1.90. The second-order valence-electron chi connectivity index (χ2n) is 5.78. The highest BCUT2D eigenvalue weighted by Gasteiger charge is 2.09. The van der Waals surface area contributed by atoms with Crippen LogP contribution < -0.4 is 0 Å².